The maximum atomic E-state index is 12.4. The van der Waals surface area contributed by atoms with E-state index in [2.05, 4.69) is 16.6 Å². The maximum absolute atomic E-state index is 12.4. The highest BCUT2D eigenvalue weighted by molar-refractivity contribution is 6.13. The van der Waals surface area contributed by atoms with Crippen molar-refractivity contribution >= 4 is 29.8 Å². The fraction of sp³-hybridized carbons (Fsp3) is 0.458. The molecule has 0 amide bonds. The summed E-state index contributed by atoms with van der Waals surface area (Å²) >= 11 is 0. The van der Waals surface area contributed by atoms with Crippen molar-refractivity contribution in [1.29, 1.82) is 0 Å². The molecular formula is C24H28O12. The van der Waals surface area contributed by atoms with Gasteiger partial charge in [-0.3, -0.25) is 9.59 Å². The van der Waals surface area contributed by atoms with E-state index in [1.165, 1.54) is 39.0 Å². The molecule has 1 rings (SSSR count). The normalized spacial score (nSPS) is 19.6. The minimum Gasteiger partial charge on any atom is -0.465 e. The largest absolute Gasteiger partial charge is 0.465 e. The molecule has 1 aliphatic heterocycles. The molecule has 36 heavy (non-hydrogen) atoms. The second-order valence-electron chi connectivity index (χ2n) is 6.84. The molecule has 0 aromatic heterocycles. The first kappa shape index (κ1) is 30.1. The van der Waals surface area contributed by atoms with Gasteiger partial charge in [-0.25, -0.2) is 14.4 Å². The summed E-state index contributed by atoms with van der Waals surface area (Å²) in [6, 6.07) is 0. The molecule has 3 atom stereocenters. The van der Waals surface area contributed by atoms with Crippen molar-refractivity contribution in [2.45, 2.75) is 39.3 Å². The Kier molecular flexibility index (Phi) is 12.6. The van der Waals surface area contributed by atoms with Crippen LogP contribution < -0.4 is 0 Å². The number of allylic oxidation sites excluding steroid dienone is 1. The topological polar surface area (TPSA) is 150 Å². The Labute approximate surface area is 208 Å². The summed E-state index contributed by atoms with van der Waals surface area (Å²) in [6.45, 7) is 3.41. The number of ether oxygens (including phenoxy) is 7. The molecule has 12 heteroatoms. The van der Waals surface area contributed by atoms with E-state index in [0.717, 1.165) is 21.3 Å². The zero-order chi connectivity index (χ0) is 27.3. The van der Waals surface area contributed by atoms with E-state index in [4.69, 9.17) is 28.4 Å². The molecule has 0 spiro atoms. The number of carbonyl (C=O) groups excluding carboxylic acids is 5. The van der Waals surface area contributed by atoms with Crippen LogP contribution in [0.3, 0.4) is 0 Å². The zero-order valence-electron chi connectivity index (χ0n) is 20.8. The quantitative estimate of drug-likeness (QED) is 0.107. The van der Waals surface area contributed by atoms with E-state index >= 15 is 0 Å². The molecule has 1 heterocycles. The van der Waals surface area contributed by atoms with Crippen molar-refractivity contribution in [3.05, 3.63) is 34.9 Å². The summed E-state index contributed by atoms with van der Waals surface area (Å²) in [4.78, 5) is 59.3. The maximum Gasteiger partial charge on any atom is 0.347 e. The lowest BCUT2D eigenvalue weighted by molar-refractivity contribution is -0.193. The van der Waals surface area contributed by atoms with E-state index in [1.807, 2.05) is 0 Å². The van der Waals surface area contributed by atoms with Crippen molar-refractivity contribution in [2.75, 3.05) is 34.5 Å². The fourth-order valence-corrected chi connectivity index (χ4v) is 2.84. The minimum absolute atomic E-state index is 0.194. The third-order valence-electron chi connectivity index (χ3n) is 4.41. The molecule has 0 aliphatic carbocycles. The monoisotopic (exact) mass is 508 g/mol. The lowest BCUT2D eigenvalue weighted by Gasteiger charge is -2.30. The Morgan fingerprint density at radius 3 is 2.08 bits per heavy atom. The SMILES string of the molecule is CC=C(C(=O)OC)C(C(=O)OC)=C(C#CCOC1C=CC(OC(C)=O)C(COC(C)=O)O1)C(=O)OC. The van der Waals surface area contributed by atoms with Crippen LogP contribution in [0.2, 0.25) is 0 Å². The second-order valence-corrected chi connectivity index (χ2v) is 6.84. The summed E-state index contributed by atoms with van der Waals surface area (Å²) in [6.07, 6.45) is 1.64. The lowest BCUT2D eigenvalue weighted by atomic mass is 9.99. The van der Waals surface area contributed by atoms with Crippen molar-refractivity contribution in [2.24, 2.45) is 0 Å². The molecule has 0 saturated heterocycles. The Hall–Kier alpha value is -3.95. The number of hydrogen-bond acceptors (Lipinski definition) is 12. The van der Waals surface area contributed by atoms with E-state index in [-0.39, 0.29) is 18.8 Å². The van der Waals surface area contributed by atoms with Gasteiger partial charge in [-0.15, -0.1) is 0 Å². The number of esters is 5. The van der Waals surface area contributed by atoms with Gasteiger partial charge in [0.25, 0.3) is 0 Å². The lowest BCUT2D eigenvalue weighted by Crippen LogP contribution is -2.42. The molecule has 0 radical (unpaired) electrons. The standard InChI is InChI=1S/C24H28O12/c1-7-16(22(27)30-4)21(24(29)32-6)17(23(28)31-5)9-8-12-33-20-11-10-18(35-15(3)26)19(36-20)13-34-14(2)25/h7,10-11,18-20H,12-13H2,1-6H3. The van der Waals surface area contributed by atoms with Gasteiger partial charge in [0.2, 0.25) is 0 Å². The van der Waals surface area contributed by atoms with Gasteiger partial charge in [-0.2, -0.15) is 0 Å². The summed E-state index contributed by atoms with van der Waals surface area (Å²) in [5.74, 6) is 1.02. The highest BCUT2D eigenvalue weighted by Crippen LogP contribution is 2.20. The Morgan fingerprint density at radius 1 is 0.917 bits per heavy atom. The van der Waals surface area contributed by atoms with Crippen LogP contribution in [0.15, 0.2) is 34.9 Å². The molecular weight excluding hydrogens is 480 g/mol. The van der Waals surface area contributed by atoms with Gasteiger partial charge in [0.1, 0.15) is 31.0 Å². The first-order chi connectivity index (χ1) is 17.1. The minimum atomic E-state index is -1.01. The van der Waals surface area contributed by atoms with Crippen molar-refractivity contribution in [3.8, 4) is 11.8 Å². The van der Waals surface area contributed by atoms with Crippen molar-refractivity contribution < 1.29 is 57.1 Å². The van der Waals surface area contributed by atoms with Crippen LogP contribution in [-0.4, -0.2) is 82.9 Å². The van der Waals surface area contributed by atoms with Gasteiger partial charge in [0.05, 0.1) is 32.5 Å². The van der Waals surface area contributed by atoms with Gasteiger partial charge in [0, 0.05) is 13.8 Å². The van der Waals surface area contributed by atoms with Gasteiger partial charge in [-0.05, 0) is 19.1 Å². The molecule has 0 N–H and O–H groups in total. The third kappa shape index (κ3) is 9.01. The van der Waals surface area contributed by atoms with Crippen LogP contribution in [0.5, 0.6) is 0 Å². The fourth-order valence-electron chi connectivity index (χ4n) is 2.84. The molecule has 0 saturated carbocycles. The molecule has 0 bridgehead atoms. The summed E-state index contributed by atoms with van der Waals surface area (Å²) in [5.41, 5.74) is -1.14. The average Bonchev–Trinajstić information content (AvgIpc) is 2.85. The first-order valence-corrected chi connectivity index (χ1v) is 10.5. The Bertz CT molecular complexity index is 1010. The van der Waals surface area contributed by atoms with E-state index in [1.54, 1.807) is 0 Å². The number of hydrogen-bond donors (Lipinski definition) is 0. The second kappa shape index (κ2) is 15.1. The van der Waals surface area contributed by atoms with Gasteiger partial charge in [-0.1, -0.05) is 17.9 Å². The van der Waals surface area contributed by atoms with Crippen LogP contribution in [0, 0.1) is 11.8 Å². The smallest absolute Gasteiger partial charge is 0.347 e. The molecule has 12 nitrogen and oxygen atoms in total. The van der Waals surface area contributed by atoms with E-state index in [9.17, 15) is 24.0 Å². The van der Waals surface area contributed by atoms with Crippen molar-refractivity contribution in [1.82, 2.24) is 0 Å². The number of methoxy groups -OCH3 is 3. The molecule has 1 aliphatic rings. The molecule has 0 fully saturated rings. The van der Waals surface area contributed by atoms with Crippen LogP contribution in [0.1, 0.15) is 20.8 Å². The predicted octanol–water partition coefficient (Wildman–Crippen LogP) is 0.544. The highest BCUT2D eigenvalue weighted by Gasteiger charge is 2.31. The predicted molar refractivity (Wildman–Crippen MR) is 121 cm³/mol. The molecule has 0 aromatic carbocycles. The molecule has 0 aromatic rings. The van der Waals surface area contributed by atoms with Crippen LogP contribution in [0.4, 0.5) is 0 Å². The van der Waals surface area contributed by atoms with E-state index in [0.29, 0.717) is 0 Å². The van der Waals surface area contributed by atoms with Crippen LogP contribution in [-0.2, 0) is 57.1 Å². The third-order valence-corrected chi connectivity index (χ3v) is 4.41. The Balaban J connectivity index is 3.17. The first-order valence-electron chi connectivity index (χ1n) is 10.5. The van der Waals surface area contributed by atoms with Gasteiger partial charge >= 0.3 is 29.8 Å². The van der Waals surface area contributed by atoms with E-state index < -0.39 is 59.5 Å². The van der Waals surface area contributed by atoms with Crippen LogP contribution >= 0.6 is 0 Å². The van der Waals surface area contributed by atoms with Gasteiger partial charge in [0.15, 0.2) is 6.29 Å². The number of rotatable bonds is 9. The average molecular weight is 508 g/mol. The Morgan fingerprint density at radius 2 is 1.56 bits per heavy atom. The van der Waals surface area contributed by atoms with Gasteiger partial charge < -0.3 is 33.2 Å². The summed E-state index contributed by atoms with van der Waals surface area (Å²) < 4.78 is 35.3. The molecule has 196 valence electrons. The number of carbonyl (C=O) groups is 5. The molecule has 3 unspecified atom stereocenters. The highest BCUT2D eigenvalue weighted by atomic mass is 16.7. The summed E-state index contributed by atoms with van der Waals surface area (Å²) in [5, 5.41) is 0. The van der Waals surface area contributed by atoms with Crippen molar-refractivity contribution in [3.63, 3.8) is 0 Å². The summed E-state index contributed by atoms with van der Waals surface area (Å²) in [7, 11) is 3.25. The van der Waals surface area contributed by atoms with Crippen LogP contribution in [0.25, 0.3) is 0 Å². The zero-order valence-corrected chi connectivity index (χ0v) is 20.8.